The van der Waals surface area contributed by atoms with E-state index < -0.39 is 10.0 Å². The Labute approximate surface area is 103 Å². The molecule has 0 aliphatic rings. The third kappa shape index (κ3) is 4.17. The van der Waals surface area contributed by atoms with Crippen molar-refractivity contribution in [3.63, 3.8) is 0 Å². The average molecular weight is 252 g/mol. The predicted molar refractivity (Wildman–Crippen MR) is 66.5 cm³/mol. The van der Waals surface area contributed by atoms with E-state index in [9.17, 15) is 8.42 Å². The van der Waals surface area contributed by atoms with Crippen LogP contribution in [0.15, 0.2) is 30.3 Å². The Morgan fingerprint density at radius 3 is 2.47 bits per heavy atom. The molecule has 0 aromatic heterocycles. The van der Waals surface area contributed by atoms with Crippen molar-refractivity contribution >= 4 is 10.0 Å². The molecular weight excluding hydrogens is 236 g/mol. The van der Waals surface area contributed by atoms with Gasteiger partial charge in [0.2, 0.25) is 10.0 Å². The molecule has 4 nitrogen and oxygen atoms in total. The molecule has 0 amide bonds. The van der Waals surface area contributed by atoms with E-state index in [1.54, 1.807) is 19.1 Å². The van der Waals surface area contributed by atoms with Crippen LogP contribution in [0.5, 0.6) is 0 Å². The van der Waals surface area contributed by atoms with E-state index in [4.69, 9.17) is 5.26 Å². The van der Waals surface area contributed by atoms with Crippen LogP contribution < -0.4 is 0 Å². The molecule has 0 atom stereocenters. The molecule has 0 unspecified atom stereocenters. The lowest BCUT2D eigenvalue weighted by atomic mass is 10.2. The van der Waals surface area contributed by atoms with Crippen LogP contribution in [0.25, 0.3) is 0 Å². The van der Waals surface area contributed by atoms with Crippen molar-refractivity contribution in [2.75, 3.05) is 13.1 Å². The summed E-state index contributed by atoms with van der Waals surface area (Å²) in [5.41, 5.74) is 0.767. The van der Waals surface area contributed by atoms with E-state index >= 15 is 0 Å². The largest absolute Gasteiger partial charge is 0.218 e. The van der Waals surface area contributed by atoms with Crippen molar-refractivity contribution in [3.8, 4) is 6.07 Å². The van der Waals surface area contributed by atoms with Crippen molar-refractivity contribution in [2.24, 2.45) is 0 Å². The van der Waals surface area contributed by atoms with Crippen LogP contribution in [-0.2, 0) is 15.8 Å². The molecule has 0 aliphatic heterocycles. The third-order valence-corrected chi connectivity index (χ3v) is 4.34. The maximum atomic E-state index is 12.1. The molecule has 0 N–H and O–H groups in total. The van der Waals surface area contributed by atoms with E-state index in [2.05, 4.69) is 0 Å². The predicted octanol–water partition coefficient (Wildman–Crippen LogP) is 1.75. The molecule has 0 fully saturated rings. The standard InChI is InChI=1S/C12H16N2O2S/c1-2-14(10-6-9-13)17(15,16)11-12-7-4-3-5-8-12/h3-5,7-8H,2,6,10-11H2,1H3. The summed E-state index contributed by atoms with van der Waals surface area (Å²) in [6, 6.07) is 11.0. The Morgan fingerprint density at radius 1 is 1.29 bits per heavy atom. The Kier molecular flexibility index (Phi) is 5.13. The highest BCUT2D eigenvalue weighted by Crippen LogP contribution is 2.10. The van der Waals surface area contributed by atoms with Gasteiger partial charge in [-0.05, 0) is 5.56 Å². The maximum absolute atomic E-state index is 12.1. The molecule has 0 saturated carbocycles. The minimum Gasteiger partial charge on any atom is -0.212 e. The van der Waals surface area contributed by atoms with Crippen LogP contribution in [-0.4, -0.2) is 25.8 Å². The minimum absolute atomic E-state index is 0.00684. The smallest absolute Gasteiger partial charge is 0.212 e. The van der Waals surface area contributed by atoms with Crippen molar-refractivity contribution in [1.29, 1.82) is 5.26 Å². The fraction of sp³-hybridized carbons (Fsp3) is 0.417. The Balaban J connectivity index is 2.77. The van der Waals surface area contributed by atoms with E-state index in [0.717, 1.165) is 5.56 Å². The Morgan fingerprint density at radius 2 is 1.94 bits per heavy atom. The highest BCUT2D eigenvalue weighted by atomic mass is 32.2. The summed E-state index contributed by atoms with van der Waals surface area (Å²) in [5, 5.41) is 8.49. The van der Waals surface area contributed by atoms with Crippen LogP contribution in [0, 0.1) is 11.3 Å². The fourth-order valence-corrected chi connectivity index (χ4v) is 3.10. The fourth-order valence-electron chi connectivity index (χ4n) is 1.54. The zero-order valence-electron chi connectivity index (χ0n) is 9.83. The van der Waals surface area contributed by atoms with Gasteiger partial charge < -0.3 is 0 Å². The minimum atomic E-state index is -3.32. The number of benzene rings is 1. The summed E-state index contributed by atoms with van der Waals surface area (Å²) in [4.78, 5) is 0. The highest BCUT2D eigenvalue weighted by molar-refractivity contribution is 7.88. The SMILES string of the molecule is CCN(CCC#N)S(=O)(=O)Cc1ccccc1. The first-order valence-electron chi connectivity index (χ1n) is 5.49. The number of nitriles is 1. The molecule has 0 heterocycles. The van der Waals surface area contributed by atoms with E-state index in [1.807, 2.05) is 24.3 Å². The second-order valence-electron chi connectivity index (χ2n) is 3.64. The van der Waals surface area contributed by atoms with Crippen LogP contribution in [0.4, 0.5) is 0 Å². The molecule has 1 aromatic rings. The van der Waals surface area contributed by atoms with Crippen molar-refractivity contribution in [3.05, 3.63) is 35.9 Å². The first kappa shape index (κ1) is 13.7. The molecule has 5 heteroatoms. The van der Waals surface area contributed by atoms with Gasteiger partial charge in [0, 0.05) is 19.5 Å². The summed E-state index contributed by atoms with van der Waals surface area (Å²) in [6.45, 7) is 2.44. The van der Waals surface area contributed by atoms with Crippen LogP contribution in [0.3, 0.4) is 0 Å². The van der Waals surface area contributed by atoms with Crippen molar-refractivity contribution in [1.82, 2.24) is 4.31 Å². The third-order valence-electron chi connectivity index (χ3n) is 2.41. The molecule has 0 bridgehead atoms. The van der Waals surface area contributed by atoms with Crippen LogP contribution >= 0.6 is 0 Å². The molecule has 0 aliphatic carbocycles. The number of sulfonamides is 1. The number of nitrogens with zero attached hydrogens (tertiary/aromatic N) is 2. The molecular formula is C12H16N2O2S. The number of rotatable bonds is 6. The Hall–Kier alpha value is -1.38. The summed E-state index contributed by atoms with van der Waals surface area (Å²) in [6.07, 6.45) is 0.224. The normalized spacial score (nSPS) is 11.4. The van der Waals surface area contributed by atoms with Crippen molar-refractivity contribution < 1.29 is 8.42 Å². The Bertz CT molecular complexity index is 477. The summed E-state index contributed by atoms with van der Waals surface area (Å²) in [7, 11) is -3.32. The summed E-state index contributed by atoms with van der Waals surface area (Å²) < 4.78 is 25.5. The van der Waals surface area contributed by atoms with Gasteiger partial charge in [-0.1, -0.05) is 37.3 Å². The topological polar surface area (TPSA) is 61.2 Å². The van der Waals surface area contributed by atoms with Crippen LogP contribution in [0.1, 0.15) is 18.9 Å². The monoisotopic (exact) mass is 252 g/mol. The van der Waals surface area contributed by atoms with E-state index in [-0.39, 0.29) is 18.7 Å². The maximum Gasteiger partial charge on any atom is 0.218 e. The zero-order valence-corrected chi connectivity index (χ0v) is 10.7. The molecule has 1 aromatic carbocycles. The molecule has 0 radical (unpaired) electrons. The van der Waals surface area contributed by atoms with Gasteiger partial charge in [0.15, 0.2) is 0 Å². The average Bonchev–Trinajstić information content (AvgIpc) is 2.30. The van der Waals surface area contributed by atoms with E-state index in [0.29, 0.717) is 6.54 Å². The van der Waals surface area contributed by atoms with Gasteiger partial charge in [-0.15, -0.1) is 0 Å². The van der Waals surface area contributed by atoms with Gasteiger partial charge in [-0.3, -0.25) is 0 Å². The van der Waals surface area contributed by atoms with Gasteiger partial charge in [0.25, 0.3) is 0 Å². The van der Waals surface area contributed by atoms with Gasteiger partial charge in [-0.25, -0.2) is 12.7 Å². The molecule has 92 valence electrons. The quantitative estimate of drug-likeness (QED) is 0.775. The highest BCUT2D eigenvalue weighted by Gasteiger charge is 2.20. The summed E-state index contributed by atoms with van der Waals surface area (Å²) >= 11 is 0. The lowest BCUT2D eigenvalue weighted by Crippen LogP contribution is -2.32. The second-order valence-corrected chi connectivity index (χ2v) is 5.61. The second kappa shape index (κ2) is 6.38. The molecule has 1 rings (SSSR count). The number of hydrogen-bond acceptors (Lipinski definition) is 3. The summed E-state index contributed by atoms with van der Waals surface area (Å²) in [5.74, 6) is -0.00684. The molecule has 0 saturated heterocycles. The van der Waals surface area contributed by atoms with Gasteiger partial charge in [0.05, 0.1) is 11.8 Å². The molecule has 0 spiro atoms. The van der Waals surface area contributed by atoms with Gasteiger partial charge in [0.1, 0.15) is 0 Å². The van der Waals surface area contributed by atoms with Crippen molar-refractivity contribution in [2.45, 2.75) is 19.1 Å². The zero-order chi connectivity index (χ0) is 12.7. The first-order chi connectivity index (χ1) is 8.10. The first-order valence-corrected chi connectivity index (χ1v) is 7.09. The van der Waals surface area contributed by atoms with Gasteiger partial charge in [-0.2, -0.15) is 5.26 Å². The number of hydrogen-bond donors (Lipinski definition) is 0. The lowest BCUT2D eigenvalue weighted by molar-refractivity contribution is 0.434. The van der Waals surface area contributed by atoms with E-state index in [1.165, 1.54) is 4.31 Å². The lowest BCUT2D eigenvalue weighted by Gasteiger charge is -2.19. The van der Waals surface area contributed by atoms with Crippen LogP contribution in [0.2, 0.25) is 0 Å². The van der Waals surface area contributed by atoms with Gasteiger partial charge >= 0.3 is 0 Å². The molecule has 17 heavy (non-hydrogen) atoms.